The van der Waals surface area contributed by atoms with E-state index in [0.717, 1.165) is 37.4 Å². The zero-order valence-electron chi connectivity index (χ0n) is 13.0. The summed E-state index contributed by atoms with van der Waals surface area (Å²) in [6, 6.07) is 8.20. The Labute approximate surface area is 126 Å². The van der Waals surface area contributed by atoms with Crippen LogP contribution in [0.5, 0.6) is 0 Å². The minimum atomic E-state index is 0.691. The van der Waals surface area contributed by atoms with E-state index in [1.807, 2.05) is 12.1 Å². The molecule has 0 radical (unpaired) electrons. The van der Waals surface area contributed by atoms with E-state index in [1.54, 1.807) is 6.20 Å². The van der Waals surface area contributed by atoms with Crippen LogP contribution in [0.2, 0.25) is 0 Å². The van der Waals surface area contributed by atoms with E-state index in [2.05, 4.69) is 58.3 Å². The van der Waals surface area contributed by atoms with Crippen LogP contribution in [0.4, 0.5) is 17.5 Å². The average Bonchev–Trinajstić information content (AvgIpc) is 2.50. The van der Waals surface area contributed by atoms with Gasteiger partial charge >= 0.3 is 0 Å². The summed E-state index contributed by atoms with van der Waals surface area (Å²) in [6.45, 7) is 8.28. The van der Waals surface area contributed by atoms with Crippen LogP contribution < -0.4 is 10.2 Å². The van der Waals surface area contributed by atoms with Crippen LogP contribution in [0.1, 0.15) is 32.3 Å². The van der Waals surface area contributed by atoms with Crippen molar-refractivity contribution in [3.8, 4) is 0 Å². The van der Waals surface area contributed by atoms with Gasteiger partial charge in [0.15, 0.2) is 5.82 Å². The predicted molar refractivity (Wildman–Crippen MR) is 87.1 cm³/mol. The first-order chi connectivity index (χ1) is 10.2. The molecular formula is C16H23N5. The highest BCUT2D eigenvalue weighted by molar-refractivity contribution is 5.56. The summed E-state index contributed by atoms with van der Waals surface area (Å²) in [5.41, 5.74) is 2.24. The number of nitrogens with zero attached hydrogens (tertiary/aromatic N) is 4. The quantitative estimate of drug-likeness (QED) is 0.843. The molecule has 21 heavy (non-hydrogen) atoms. The number of hydrogen-bond donors (Lipinski definition) is 1. The molecule has 0 saturated carbocycles. The number of anilines is 3. The molecule has 0 aliphatic heterocycles. The fraction of sp³-hybridized carbons (Fsp3) is 0.438. The molecule has 0 atom stereocenters. The molecule has 0 unspecified atom stereocenters. The fourth-order valence-corrected chi connectivity index (χ4v) is 2.12. The van der Waals surface area contributed by atoms with Gasteiger partial charge in [-0.25, -0.2) is 0 Å². The maximum atomic E-state index is 4.57. The van der Waals surface area contributed by atoms with E-state index in [4.69, 9.17) is 0 Å². The lowest BCUT2D eigenvalue weighted by atomic mass is 10.2. The minimum absolute atomic E-state index is 0.691. The molecule has 0 bridgehead atoms. The van der Waals surface area contributed by atoms with Gasteiger partial charge in [0, 0.05) is 18.8 Å². The summed E-state index contributed by atoms with van der Waals surface area (Å²) in [6.07, 6.45) is 3.79. The van der Waals surface area contributed by atoms with E-state index in [-0.39, 0.29) is 0 Å². The van der Waals surface area contributed by atoms with Gasteiger partial charge in [0.1, 0.15) is 0 Å². The molecule has 0 fully saturated rings. The van der Waals surface area contributed by atoms with Crippen LogP contribution in [-0.4, -0.2) is 28.3 Å². The van der Waals surface area contributed by atoms with Crippen LogP contribution >= 0.6 is 0 Å². The van der Waals surface area contributed by atoms with Gasteiger partial charge in [-0.3, -0.25) is 0 Å². The minimum Gasteiger partial charge on any atom is -0.339 e. The SMILES string of the molecule is CCCN(CCC)c1nncc(Nc2ccc(C)cc2)n1. The molecule has 2 aromatic rings. The molecule has 112 valence electrons. The standard InChI is InChI=1S/C16H23N5/c1-4-10-21(11-5-2)16-19-15(12-17-20-16)18-14-8-6-13(3)7-9-14/h6-9,12H,4-5,10-11H2,1-3H3,(H,18,19,20). The molecule has 0 aliphatic carbocycles. The average molecular weight is 285 g/mol. The molecular weight excluding hydrogens is 262 g/mol. The van der Waals surface area contributed by atoms with Crippen molar-refractivity contribution in [3.63, 3.8) is 0 Å². The summed E-state index contributed by atoms with van der Waals surface area (Å²) < 4.78 is 0. The van der Waals surface area contributed by atoms with Gasteiger partial charge in [-0.1, -0.05) is 31.5 Å². The molecule has 1 N–H and O–H groups in total. The Bertz CT molecular complexity index is 547. The van der Waals surface area contributed by atoms with Crippen molar-refractivity contribution < 1.29 is 0 Å². The molecule has 1 aromatic heterocycles. The third kappa shape index (κ3) is 4.41. The third-order valence-electron chi connectivity index (χ3n) is 3.14. The number of rotatable bonds is 7. The summed E-state index contributed by atoms with van der Waals surface area (Å²) >= 11 is 0. The largest absolute Gasteiger partial charge is 0.339 e. The number of benzene rings is 1. The summed E-state index contributed by atoms with van der Waals surface area (Å²) in [7, 11) is 0. The van der Waals surface area contributed by atoms with Gasteiger partial charge < -0.3 is 10.2 Å². The first-order valence-electron chi connectivity index (χ1n) is 7.51. The highest BCUT2D eigenvalue weighted by Gasteiger charge is 2.09. The first kappa shape index (κ1) is 15.2. The molecule has 0 spiro atoms. The number of nitrogens with one attached hydrogen (secondary N) is 1. The Hall–Kier alpha value is -2.17. The Morgan fingerprint density at radius 1 is 1.05 bits per heavy atom. The lowest BCUT2D eigenvalue weighted by molar-refractivity contribution is 0.711. The Morgan fingerprint density at radius 2 is 1.71 bits per heavy atom. The highest BCUT2D eigenvalue weighted by atomic mass is 15.3. The van der Waals surface area contributed by atoms with E-state index in [1.165, 1.54) is 5.56 Å². The Kier molecular flexibility index (Phi) is 5.49. The van der Waals surface area contributed by atoms with Gasteiger partial charge in [0.05, 0.1) is 6.20 Å². The molecule has 0 saturated heterocycles. The molecule has 0 amide bonds. The van der Waals surface area contributed by atoms with Crippen molar-refractivity contribution in [2.24, 2.45) is 0 Å². The van der Waals surface area contributed by atoms with E-state index in [9.17, 15) is 0 Å². The Morgan fingerprint density at radius 3 is 2.33 bits per heavy atom. The van der Waals surface area contributed by atoms with Crippen LogP contribution in [0.3, 0.4) is 0 Å². The van der Waals surface area contributed by atoms with Crippen LogP contribution in [0.25, 0.3) is 0 Å². The van der Waals surface area contributed by atoms with Crippen molar-refractivity contribution >= 4 is 17.5 Å². The summed E-state index contributed by atoms with van der Waals surface area (Å²) in [5.74, 6) is 1.41. The van der Waals surface area contributed by atoms with Gasteiger partial charge in [-0.15, -0.1) is 5.10 Å². The molecule has 2 rings (SSSR count). The second-order valence-corrected chi connectivity index (χ2v) is 5.12. The maximum absolute atomic E-state index is 4.57. The van der Waals surface area contributed by atoms with Crippen LogP contribution in [0, 0.1) is 6.92 Å². The summed E-state index contributed by atoms with van der Waals surface area (Å²) in [5, 5.41) is 11.5. The second-order valence-electron chi connectivity index (χ2n) is 5.12. The number of aryl methyl sites for hydroxylation is 1. The lowest BCUT2D eigenvalue weighted by Crippen LogP contribution is -2.27. The van der Waals surface area contributed by atoms with Gasteiger partial charge in [-0.05, 0) is 31.9 Å². The second kappa shape index (κ2) is 7.57. The predicted octanol–water partition coefficient (Wildman–Crippen LogP) is 3.55. The smallest absolute Gasteiger partial charge is 0.247 e. The van der Waals surface area contributed by atoms with Gasteiger partial charge in [-0.2, -0.15) is 10.1 Å². The van der Waals surface area contributed by atoms with E-state index in [0.29, 0.717) is 5.95 Å². The number of aromatic nitrogens is 3. The van der Waals surface area contributed by atoms with Crippen LogP contribution in [-0.2, 0) is 0 Å². The maximum Gasteiger partial charge on any atom is 0.247 e. The topological polar surface area (TPSA) is 53.9 Å². The monoisotopic (exact) mass is 285 g/mol. The van der Waals surface area contributed by atoms with Crippen LogP contribution in [0.15, 0.2) is 30.5 Å². The normalized spacial score (nSPS) is 10.4. The van der Waals surface area contributed by atoms with Gasteiger partial charge in [0.25, 0.3) is 0 Å². The molecule has 0 aliphatic rings. The third-order valence-corrected chi connectivity index (χ3v) is 3.14. The van der Waals surface area contributed by atoms with Crippen molar-refractivity contribution in [2.75, 3.05) is 23.3 Å². The molecule has 5 nitrogen and oxygen atoms in total. The fourth-order valence-electron chi connectivity index (χ4n) is 2.12. The number of hydrogen-bond acceptors (Lipinski definition) is 5. The molecule has 5 heteroatoms. The lowest BCUT2D eigenvalue weighted by Gasteiger charge is -2.21. The van der Waals surface area contributed by atoms with Gasteiger partial charge in [0.2, 0.25) is 5.95 Å². The zero-order valence-corrected chi connectivity index (χ0v) is 13.0. The van der Waals surface area contributed by atoms with Crippen molar-refractivity contribution in [1.82, 2.24) is 15.2 Å². The molecule has 1 aromatic carbocycles. The zero-order chi connectivity index (χ0) is 15.1. The summed E-state index contributed by atoms with van der Waals surface area (Å²) in [4.78, 5) is 6.74. The first-order valence-corrected chi connectivity index (χ1v) is 7.51. The highest BCUT2D eigenvalue weighted by Crippen LogP contribution is 2.16. The van der Waals surface area contributed by atoms with Crippen molar-refractivity contribution in [1.29, 1.82) is 0 Å². The van der Waals surface area contributed by atoms with Crippen molar-refractivity contribution in [3.05, 3.63) is 36.0 Å². The van der Waals surface area contributed by atoms with Crippen molar-refractivity contribution in [2.45, 2.75) is 33.6 Å². The molecule has 1 heterocycles. The Balaban J connectivity index is 2.14. The van der Waals surface area contributed by atoms with E-state index >= 15 is 0 Å². The van der Waals surface area contributed by atoms with E-state index < -0.39 is 0 Å².